The van der Waals surface area contributed by atoms with E-state index in [9.17, 15) is 18.9 Å². The highest BCUT2D eigenvalue weighted by Gasteiger charge is 2.21. The Kier molecular flexibility index (Phi) is 3.65. The molecule has 0 spiro atoms. The average Bonchev–Trinajstić information content (AvgIpc) is 2.40. The van der Waals surface area contributed by atoms with Gasteiger partial charge in [0.1, 0.15) is 6.61 Å². The molecule has 1 aromatic heterocycles. The molecule has 0 fully saturated rings. The van der Waals surface area contributed by atoms with Crippen LogP contribution in [0.3, 0.4) is 0 Å². The van der Waals surface area contributed by atoms with Crippen molar-refractivity contribution in [2.24, 2.45) is 0 Å². The molecule has 0 aliphatic rings. The van der Waals surface area contributed by atoms with Crippen LogP contribution in [0.4, 0.5) is 14.5 Å². The Morgan fingerprint density at radius 1 is 1.26 bits per heavy atom. The lowest BCUT2D eigenvalue weighted by molar-refractivity contribution is -0.388. The van der Waals surface area contributed by atoms with Crippen LogP contribution in [-0.4, -0.2) is 9.91 Å². The van der Waals surface area contributed by atoms with Gasteiger partial charge in [0.15, 0.2) is 5.82 Å². The van der Waals surface area contributed by atoms with Crippen LogP contribution >= 0.6 is 0 Å². The standard InChI is InChI=1S/C12H8F2N2O3/c13-9-6-10(16(17)18)11(14)15-12(9)19-7-8-4-2-1-3-5-8/h1-6H,7H2. The fraction of sp³-hybridized carbons (Fsp3) is 0.0833. The predicted molar refractivity (Wildman–Crippen MR) is 61.6 cm³/mol. The molecule has 1 heterocycles. The summed E-state index contributed by atoms with van der Waals surface area (Å²) < 4.78 is 31.6. The fourth-order valence-corrected chi connectivity index (χ4v) is 1.40. The van der Waals surface area contributed by atoms with Crippen molar-refractivity contribution >= 4 is 5.69 Å². The number of hydrogen-bond donors (Lipinski definition) is 0. The number of nitrogens with zero attached hydrogens (tertiary/aromatic N) is 2. The molecule has 1 aromatic carbocycles. The SMILES string of the molecule is O=[N+]([O-])c1cc(F)c(OCc2ccccc2)nc1F. The molecule has 0 radical (unpaired) electrons. The summed E-state index contributed by atoms with van der Waals surface area (Å²) in [4.78, 5) is 12.4. The van der Waals surface area contributed by atoms with Crippen molar-refractivity contribution in [3.63, 3.8) is 0 Å². The third kappa shape index (κ3) is 3.01. The van der Waals surface area contributed by atoms with Crippen molar-refractivity contribution in [3.05, 3.63) is 63.8 Å². The number of ether oxygens (including phenoxy) is 1. The number of halogens is 2. The second kappa shape index (κ2) is 5.38. The Balaban J connectivity index is 2.17. The first-order valence-corrected chi connectivity index (χ1v) is 5.25. The number of nitro groups is 1. The Hall–Kier alpha value is -2.57. The third-order valence-corrected chi connectivity index (χ3v) is 2.29. The highest BCUT2D eigenvalue weighted by molar-refractivity contribution is 5.32. The molecule has 0 saturated carbocycles. The van der Waals surface area contributed by atoms with Crippen molar-refractivity contribution in [2.75, 3.05) is 0 Å². The van der Waals surface area contributed by atoms with Gasteiger partial charge in [-0.2, -0.15) is 9.37 Å². The van der Waals surface area contributed by atoms with E-state index in [1.54, 1.807) is 30.3 Å². The maximum Gasteiger partial charge on any atom is 0.327 e. The molecule has 0 bridgehead atoms. The molecule has 7 heteroatoms. The minimum Gasteiger partial charge on any atom is -0.471 e. The minimum absolute atomic E-state index is 0.0119. The first-order chi connectivity index (χ1) is 9.08. The van der Waals surface area contributed by atoms with E-state index >= 15 is 0 Å². The molecule has 0 amide bonds. The van der Waals surface area contributed by atoms with E-state index in [1.807, 2.05) is 0 Å². The number of rotatable bonds is 4. The first-order valence-electron chi connectivity index (χ1n) is 5.25. The van der Waals surface area contributed by atoms with Crippen molar-refractivity contribution in [1.29, 1.82) is 0 Å². The Morgan fingerprint density at radius 2 is 1.95 bits per heavy atom. The van der Waals surface area contributed by atoms with Gasteiger partial charge in [-0.1, -0.05) is 30.3 Å². The van der Waals surface area contributed by atoms with Gasteiger partial charge >= 0.3 is 5.69 Å². The van der Waals surface area contributed by atoms with Crippen molar-refractivity contribution in [1.82, 2.24) is 4.98 Å². The first kappa shape index (κ1) is 12.9. The molecule has 19 heavy (non-hydrogen) atoms. The number of hydrogen-bond acceptors (Lipinski definition) is 4. The van der Waals surface area contributed by atoms with Crippen LogP contribution in [0.25, 0.3) is 0 Å². The Morgan fingerprint density at radius 3 is 2.58 bits per heavy atom. The normalized spacial score (nSPS) is 10.2. The predicted octanol–water partition coefficient (Wildman–Crippen LogP) is 2.85. The zero-order chi connectivity index (χ0) is 13.8. The highest BCUT2D eigenvalue weighted by atomic mass is 19.1. The van der Waals surface area contributed by atoms with E-state index < -0.39 is 28.3 Å². The summed E-state index contributed by atoms with van der Waals surface area (Å²) in [5.41, 5.74) is -0.285. The maximum atomic E-state index is 13.4. The van der Waals surface area contributed by atoms with Gasteiger partial charge in [-0.15, -0.1) is 0 Å². The third-order valence-electron chi connectivity index (χ3n) is 2.29. The number of aromatic nitrogens is 1. The maximum absolute atomic E-state index is 13.4. The highest BCUT2D eigenvalue weighted by Crippen LogP contribution is 2.23. The van der Waals surface area contributed by atoms with Gasteiger partial charge in [-0.25, -0.2) is 4.39 Å². The Bertz CT molecular complexity index is 605. The molecule has 2 rings (SSSR count). The second-order valence-electron chi connectivity index (χ2n) is 3.62. The van der Waals surface area contributed by atoms with E-state index in [0.717, 1.165) is 5.56 Å². The van der Waals surface area contributed by atoms with Crippen LogP contribution in [0.5, 0.6) is 5.88 Å². The molecular weight excluding hydrogens is 258 g/mol. The van der Waals surface area contributed by atoms with Crippen LogP contribution < -0.4 is 4.74 Å². The van der Waals surface area contributed by atoms with Crippen molar-refractivity contribution < 1.29 is 18.4 Å². The summed E-state index contributed by atoms with van der Waals surface area (Å²) in [5.74, 6) is -3.06. The van der Waals surface area contributed by atoms with Crippen molar-refractivity contribution in [2.45, 2.75) is 6.61 Å². The summed E-state index contributed by atoms with van der Waals surface area (Å²) in [6, 6.07) is 9.24. The van der Waals surface area contributed by atoms with Crippen molar-refractivity contribution in [3.8, 4) is 5.88 Å². The van der Waals surface area contributed by atoms with Gasteiger partial charge < -0.3 is 4.74 Å². The lowest BCUT2D eigenvalue weighted by atomic mass is 10.2. The molecular formula is C12H8F2N2O3. The molecule has 98 valence electrons. The molecule has 0 N–H and O–H groups in total. The van der Waals surface area contributed by atoms with Gasteiger partial charge in [0, 0.05) is 0 Å². The average molecular weight is 266 g/mol. The van der Waals surface area contributed by atoms with E-state index in [0.29, 0.717) is 6.07 Å². The zero-order valence-corrected chi connectivity index (χ0v) is 9.55. The van der Waals surface area contributed by atoms with Crippen LogP contribution in [0.15, 0.2) is 36.4 Å². The van der Waals surface area contributed by atoms with Gasteiger partial charge in [0.05, 0.1) is 11.0 Å². The molecule has 5 nitrogen and oxygen atoms in total. The molecule has 0 saturated heterocycles. The largest absolute Gasteiger partial charge is 0.471 e. The summed E-state index contributed by atoms with van der Waals surface area (Å²) in [6.07, 6.45) is 0. The smallest absolute Gasteiger partial charge is 0.327 e. The van der Waals surface area contributed by atoms with E-state index in [4.69, 9.17) is 4.74 Å². The summed E-state index contributed by atoms with van der Waals surface area (Å²) >= 11 is 0. The minimum atomic E-state index is -1.38. The molecule has 0 unspecified atom stereocenters. The quantitative estimate of drug-likeness (QED) is 0.485. The van der Waals surface area contributed by atoms with E-state index in [2.05, 4.69) is 4.98 Å². The Labute approximate surface area is 106 Å². The van der Waals surface area contributed by atoms with E-state index in [1.165, 1.54) is 0 Å². The van der Waals surface area contributed by atoms with Crippen LogP contribution in [0, 0.1) is 21.9 Å². The van der Waals surface area contributed by atoms with Crippen LogP contribution in [-0.2, 0) is 6.61 Å². The summed E-state index contributed by atoms with van der Waals surface area (Å²) in [7, 11) is 0. The molecule has 2 aromatic rings. The fourth-order valence-electron chi connectivity index (χ4n) is 1.40. The van der Waals surface area contributed by atoms with Crippen LogP contribution in [0.2, 0.25) is 0 Å². The molecule has 0 atom stereocenters. The monoisotopic (exact) mass is 266 g/mol. The topological polar surface area (TPSA) is 65.3 Å². The summed E-state index contributed by atoms with van der Waals surface area (Å²) in [6.45, 7) is -0.0119. The van der Waals surface area contributed by atoms with E-state index in [-0.39, 0.29) is 6.61 Å². The van der Waals surface area contributed by atoms with Gasteiger partial charge in [0.25, 0.3) is 11.8 Å². The second-order valence-corrected chi connectivity index (χ2v) is 3.62. The molecule has 0 aliphatic carbocycles. The lowest BCUT2D eigenvalue weighted by Crippen LogP contribution is -2.03. The number of benzene rings is 1. The van der Waals surface area contributed by atoms with Gasteiger partial charge in [-0.3, -0.25) is 10.1 Å². The summed E-state index contributed by atoms with van der Waals surface area (Å²) in [5, 5.41) is 10.4. The van der Waals surface area contributed by atoms with Gasteiger partial charge in [0.2, 0.25) is 0 Å². The molecule has 0 aliphatic heterocycles. The van der Waals surface area contributed by atoms with Crippen LogP contribution in [0.1, 0.15) is 5.56 Å². The zero-order valence-electron chi connectivity index (χ0n) is 9.55. The van der Waals surface area contributed by atoms with Gasteiger partial charge in [-0.05, 0) is 5.56 Å². The number of pyridine rings is 1. The lowest BCUT2D eigenvalue weighted by Gasteiger charge is -2.06.